The molecule has 0 aromatic heterocycles. The van der Waals surface area contributed by atoms with Gasteiger partial charge in [0.15, 0.2) is 0 Å². The number of allylic oxidation sites excluding steroid dienone is 2. The normalized spacial score (nSPS) is 31.3. The summed E-state index contributed by atoms with van der Waals surface area (Å²) in [5, 5.41) is 3.91. The van der Waals surface area contributed by atoms with Crippen LogP contribution in [-0.2, 0) is 0 Å². The van der Waals surface area contributed by atoms with E-state index in [1.807, 2.05) is 0 Å². The highest BCUT2D eigenvalue weighted by molar-refractivity contribution is 5.46. The fraction of sp³-hybridized carbons (Fsp3) is 0.565. The molecule has 0 spiro atoms. The molecule has 2 heterocycles. The molecule has 1 aromatic carbocycles. The number of benzene rings is 1. The average Bonchev–Trinajstić information content (AvgIpc) is 2.72. The Morgan fingerprint density at radius 2 is 1.54 bits per heavy atom. The molecule has 3 fully saturated rings. The Kier molecular flexibility index (Phi) is 4.40. The van der Waals surface area contributed by atoms with Crippen molar-refractivity contribution in [3.05, 3.63) is 53.9 Å². The zero-order chi connectivity index (χ0) is 17.3. The standard InChI is InChI=1S/C23H31N3/c1-2-8-21(9-3-1)25-12-14-26(15-13-25)23-11-10-20-16-18-6-4-5-7-19(18)17-22(20)24-23/h1-3,8-11,18-19,22,24H,4-7,12-17H2. The Labute approximate surface area is 157 Å². The molecule has 5 rings (SSSR count). The van der Waals surface area contributed by atoms with E-state index in [2.05, 4.69) is 57.6 Å². The summed E-state index contributed by atoms with van der Waals surface area (Å²) in [5.74, 6) is 3.30. The zero-order valence-corrected chi connectivity index (χ0v) is 15.7. The van der Waals surface area contributed by atoms with Crippen LogP contribution in [0.4, 0.5) is 5.69 Å². The Morgan fingerprint density at radius 1 is 0.808 bits per heavy atom. The predicted octanol–water partition coefficient (Wildman–Crippen LogP) is 4.15. The highest BCUT2D eigenvalue weighted by atomic mass is 15.3. The molecule has 2 aliphatic carbocycles. The highest BCUT2D eigenvalue weighted by Gasteiger charge is 2.36. The van der Waals surface area contributed by atoms with Crippen molar-refractivity contribution in [2.75, 3.05) is 31.1 Å². The molecule has 1 N–H and O–H groups in total. The Balaban J connectivity index is 1.23. The van der Waals surface area contributed by atoms with Crippen LogP contribution in [0, 0.1) is 11.8 Å². The topological polar surface area (TPSA) is 18.5 Å². The summed E-state index contributed by atoms with van der Waals surface area (Å²) in [6.45, 7) is 4.43. The molecule has 2 saturated carbocycles. The van der Waals surface area contributed by atoms with Crippen molar-refractivity contribution in [2.45, 2.75) is 44.6 Å². The summed E-state index contributed by atoms with van der Waals surface area (Å²) in [6, 6.07) is 11.4. The van der Waals surface area contributed by atoms with Crippen LogP contribution in [0.2, 0.25) is 0 Å². The van der Waals surface area contributed by atoms with Crippen LogP contribution in [0.15, 0.2) is 53.9 Å². The van der Waals surface area contributed by atoms with E-state index < -0.39 is 0 Å². The van der Waals surface area contributed by atoms with Crippen molar-refractivity contribution in [3.8, 4) is 0 Å². The van der Waals surface area contributed by atoms with Gasteiger partial charge in [-0.2, -0.15) is 0 Å². The number of piperazine rings is 1. The van der Waals surface area contributed by atoms with Gasteiger partial charge in [0.2, 0.25) is 0 Å². The van der Waals surface area contributed by atoms with E-state index in [1.54, 1.807) is 5.57 Å². The van der Waals surface area contributed by atoms with Gasteiger partial charge in [0, 0.05) is 37.9 Å². The SMILES string of the molecule is C1=C2CC3CCCCC3CC2NC(N2CCN(c3ccccc3)CC2)=C1. The van der Waals surface area contributed by atoms with Crippen LogP contribution in [0.1, 0.15) is 38.5 Å². The Morgan fingerprint density at radius 3 is 2.35 bits per heavy atom. The largest absolute Gasteiger partial charge is 0.368 e. The van der Waals surface area contributed by atoms with Crippen LogP contribution >= 0.6 is 0 Å². The lowest BCUT2D eigenvalue weighted by Gasteiger charge is -2.45. The van der Waals surface area contributed by atoms with Crippen LogP contribution in [0.25, 0.3) is 0 Å². The van der Waals surface area contributed by atoms with Crippen LogP contribution in [0.3, 0.4) is 0 Å². The van der Waals surface area contributed by atoms with E-state index in [9.17, 15) is 0 Å². The number of dihydropyridines is 1. The van der Waals surface area contributed by atoms with Crippen molar-refractivity contribution in [2.24, 2.45) is 11.8 Å². The van der Waals surface area contributed by atoms with Crippen LogP contribution in [0.5, 0.6) is 0 Å². The number of nitrogens with zero attached hydrogens (tertiary/aromatic N) is 2. The van der Waals surface area contributed by atoms with Gasteiger partial charge in [0.25, 0.3) is 0 Å². The maximum absolute atomic E-state index is 3.91. The number of fused-ring (bicyclic) bond motifs is 2. The van der Waals surface area contributed by atoms with E-state index in [1.165, 1.54) is 50.0 Å². The van der Waals surface area contributed by atoms with Gasteiger partial charge in [0.05, 0.1) is 0 Å². The number of rotatable bonds is 2. The van der Waals surface area contributed by atoms with E-state index in [0.29, 0.717) is 6.04 Å². The van der Waals surface area contributed by atoms with E-state index in [0.717, 1.165) is 38.0 Å². The van der Waals surface area contributed by atoms with E-state index in [-0.39, 0.29) is 0 Å². The first kappa shape index (κ1) is 16.3. The minimum Gasteiger partial charge on any atom is -0.368 e. The molecule has 2 aliphatic heterocycles. The lowest BCUT2D eigenvalue weighted by Crippen LogP contribution is -2.51. The third-order valence-electron chi connectivity index (χ3n) is 7.07. The third kappa shape index (κ3) is 3.13. The maximum Gasteiger partial charge on any atom is 0.102 e. The van der Waals surface area contributed by atoms with E-state index in [4.69, 9.17) is 0 Å². The number of hydrogen-bond acceptors (Lipinski definition) is 3. The molecule has 3 unspecified atom stereocenters. The second-order valence-corrected chi connectivity index (χ2v) is 8.54. The molecular weight excluding hydrogens is 318 g/mol. The number of para-hydroxylation sites is 1. The quantitative estimate of drug-likeness (QED) is 0.865. The van der Waals surface area contributed by atoms with Crippen LogP contribution in [-0.4, -0.2) is 37.1 Å². The highest BCUT2D eigenvalue weighted by Crippen LogP contribution is 2.43. The molecule has 26 heavy (non-hydrogen) atoms. The molecule has 3 nitrogen and oxygen atoms in total. The van der Waals surface area contributed by atoms with Crippen molar-refractivity contribution in [1.82, 2.24) is 10.2 Å². The molecule has 0 bridgehead atoms. The van der Waals surface area contributed by atoms with Gasteiger partial charge in [-0.3, -0.25) is 0 Å². The Bertz CT molecular complexity index is 685. The van der Waals surface area contributed by atoms with Gasteiger partial charge in [-0.25, -0.2) is 0 Å². The molecule has 0 radical (unpaired) electrons. The van der Waals surface area contributed by atoms with Crippen molar-refractivity contribution >= 4 is 5.69 Å². The predicted molar refractivity (Wildman–Crippen MR) is 108 cm³/mol. The van der Waals surface area contributed by atoms with Gasteiger partial charge in [0.1, 0.15) is 5.82 Å². The molecule has 138 valence electrons. The minimum atomic E-state index is 0.599. The molecule has 3 heteroatoms. The summed E-state index contributed by atoms with van der Waals surface area (Å²) in [7, 11) is 0. The molecule has 3 atom stereocenters. The summed E-state index contributed by atoms with van der Waals surface area (Å²) < 4.78 is 0. The molecule has 4 aliphatic rings. The maximum atomic E-state index is 3.91. The van der Waals surface area contributed by atoms with Gasteiger partial charge in [-0.15, -0.1) is 0 Å². The van der Waals surface area contributed by atoms with Gasteiger partial charge in [-0.05, 0) is 54.9 Å². The summed E-state index contributed by atoms with van der Waals surface area (Å²) in [6.07, 6.45) is 13.3. The number of nitrogens with one attached hydrogen (secondary N) is 1. The lowest BCUT2D eigenvalue weighted by molar-refractivity contribution is 0.173. The first-order valence-electron chi connectivity index (χ1n) is 10.6. The lowest BCUT2D eigenvalue weighted by atomic mass is 9.67. The van der Waals surface area contributed by atoms with Gasteiger partial charge in [-0.1, -0.05) is 43.5 Å². The summed E-state index contributed by atoms with van der Waals surface area (Å²) in [5.41, 5.74) is 3.02. The molecule has 1 aromatic rings. The van der Waals surface area contributed by atoms with Crippen molar-refractivity contribution < 1.29 is 0 Å². The van der Waals surface area contributed by atoms with Gasteiger partial charge >= 0.3 is 0 Å². The second-order valence-electron chi connectivity index (χ2n) is 8.54. The molecule has 0 amide bonds. The monoisotopic (exact) mass is 349 g/mol. The minimum absolute atomic E-state index is 0.599. The van der Waals surface area contributed by atoms with Crippen molar-refractivity contribution in [3.63, 3.8) is 0 Å². The van der Waals surface area contributed by atoms with Gasteiger partial charge < -0.3 is 15.1 Å². The smallest absolute Gasteiger partial charge is 0.102 e. The van der Waals surface area contributed by atoms with Crippen molar-refractivity contribution in [1.29, 1.82) is 0 Å². The third-order valence-corrected chi connectivity index (χ3v) is 7.07. The zero-order valence-electron chi connectivity index (χ0n) is 15.7. The first-order chi connectivity index (χ1) is 12.9. The summed E-state index contributed by atoms with van der Waals surface area (Å²) >= 11 is 0. The molecular formula is C23H31N3. The second kappa shape index (κ2) is 7.02. The Hall–Kier alpha value is -1.90. The molecule has 1 saturated heterocycles. The fourth-order valence-corrected chi connectivity index (χ4v) is 5.55. The average molecular weight is 350 g/mol. The summed E-state index contributed by atoms with van der Waals surface area (Å²) in [4.78, 5) is 5.06. The number of anilines is 1. The van der Waals surface area contributed by atoms with Crippen LogP contribution < -0.4 is 10.2 Å². The number of hydrogen-bond donors (Lipinski definition) is 1. The fourth-order valence-electron chi connectivity index (χ4n) is 5.55. The first-order valence-corrected chi connectivity index (χ1v) is 10.6. The van der Waals surface area contributed by atoms with E-state index >= 15 is 0 Å².